The molecule has 0 bridgehead atoms. The summed E-state index contributed by atoms with van der Waals surface area (Å²) in [7, 11) is 0. The molecule has 0 radical (unpaired) electrons. The normalized spacial score (nSPS) is 14.4. The van der Waals surface area contributed by atoms with Crippen molar-refractivity contribution >= 4 is 27.7 Å². The Kier molecular flexibility index (Phi) is 4.48. The largest absolute Gasteiger partial charge is 0.319 e. The van der Waals surface area contributed by atoms with E-state index in [4.69, 9.17) is 0 Å². The molecule has 5 heteroatoms. The van der Waals surface area contributed by atoms with Gasteiger partial charge in [-0.05, 0) is 30.2 Å². The van der Waals surface area contributed by atoms with E-state index < -0.39 is 0 Å². The fourth-order valence-electron chi connectivity index (χ4n) is 2.69. The third kappa shape index (κ3) is 3.29. The monoisotopic (exact) mass is 372 g/mol. The average Bonchev–Trinajstić information content (AvgIpc) is 2.91. The van der Waals surface area contributed by atoms with Crippen LogP contribution in [-0.2, 0) is 11.3 Å². The van der Waals surface area contributed by atoms with E-state index in [-0.39, 0.29) is 18.4 Å². The average molecular weight is 373 g/mol. The van der Waals surface area contributed by atoms with Crippen LogP contribution in [0.2, 0.25) is 0 Å². The lowest BCUT2D eigenvalue weighted by molar-refractivity contribution is -0.127. The summed E-state index contributed by atoms with van der Waals surface area (Å²) in [5.41, 5.74) is 2.59. The summed E-state index contributed by atoms with van der Waals surface area (Å²) >= 11 is 3.44. The lowest BCUT2D eigenvalue weighted by Crippen LogP contribution is -2.31. The van der Waals surface area contributed by atoms with E-state index >= 15 is 0 Å². The second kappa shape index (κ2) is 6.54. The van der Waals surface area contributed by atoms with Gasteiger partial charge < -0.3 is 9.80 Å². The molecule has 3 rings (SSSR count). The number of halogens is 1. The van der Waals surface area contributed by atoms with Gasteiger partial charge in [-0.15, -0.1) is 0 Å². The molecule has 0 N–H and O–H groups in total. The van der Waals surface area contributed by atoms with Crippen molar-refractivity contribution in [1.29, 1.82) is 0 Å². The minimum atomic E-state index is -0.104. The highest BCUT2D eigenvalue weighted by Crippen LogP contribution is 2.22. The van der Waals surface area contributed by atoms with E-state index in [1.807, 2.05) is 49.4 Å². The molecule has 0 aromatic heterocycles. The van der Waals surface area contributed by atoms with Crippen molar-refractivity contribution in [3.05, 3.63) is 69.7 Å². The number of nitrogens with zero attached hydrogens (tertiary/aromatic N) is 2. The number of rotatable bonds is 3. The summed E-state index contributed by atoms with van der Waals surface area (Å²) in [5, 5.41) is 0. The van der Waals surface area contributed by atoms with E-state index in [2.05, 4.69) is 15.9 Å². The van der Waals surface area contributed by atoms with Crippen LogP contribution in [0.4, 0.5) is 0 Å². The Morgan fingerprint density at radius 2 is 1.87 bits per heavy atom. The number of hydrogen-bond acceptors (Lipinski definition) is 2. The molecule has 1 aliphatic rings. The Balaban J connectivity index is 1.74. The summed E-state index contributed by atoms with van der Waals surface area (Å²) < 4.78 is 0.898. The van der Waals surface area contributed by atoms with Gasteiger partial charge in [-0.25, -0.2) is 0 Å². The molecule has 0 unspecified atom stereocenters. The number of hydrogen-bond donors (Lipinski definition) is 0. The van der Waals surface area contributed by atoms with Crippen molar-refractivity contribution in [2.75, 3.05) is 13.2 Å². The molecule has 1 heterocycles. The Labute approximate surface area is 143 Å². The maximum absolute atomic E-state index is 12.7. The second-order valence-electron chi connectivity index (χ2n) is 5.63. The minimum Gasteiger partial charge on any atom is -0.319 e. The highest BCUT2D eigenvalue weighted by Gasteiger charge is 2.31. The molecule has 0 atom stereocenters. The molecule has 4 nitrogen and oxygen atoms in total. The molecule has 2 aromatic rings. The molecule has 1 aliphatic heterocycles. The maximum atomic E-state index is 12.7. The summed E-state index contributed by atoms with van der Waals surface area (Å²) in [6.07, 6.45) is 0. The fraction of sp³-hybridized carbons (Fsp3) is 0.222. The molecule has 2 amide bonds. The summed E-state index contributed by atoms with van der Waals surface area (Å²) in [6.45, 7) is 2.90. The Hall–Kier alpha value is -2.14. The second-order valence-corrected chi connectivity index (χ2v) is 6.49. The van der Waals surface area contributed by atoms with Gasteiger partial charge in [-0.2, -0.15) is 0 Å². The predicted molar refractivity (Wildman–Crippen MR) is 91.8 cm³/mol. The predicted octanol–water partition coefficient (Wildman–Crippen LogP) is 3.20. The molecular weight excluding hydrogens is 356 g/mol. The van der Waals surface area contributed by atoms with E-state index in [0.717, 1.165) is 15.6 Å². The lowest BCUT2D eigenvalue weighted by Gasteiger charge is -2.19. The van der Waals surface area contributed by atoms with Gasteiger partial charge in [-0.3, -0.25) is 9.59 Å². The van der Waals surface area contributed by atoms with Crippen molar-refractivity contribution in [2.24, 2.45) is 0 Å². The first-order valence-electron chi connectivity index (χ1n) is 7.42. The van der Waals surface area contributed by atoms with Crippen LogP contribution in [0.1, 0.15) is 21.5 Å². The van der Waals surface area contributed by atoms with E-state index in [1.165, 1.54) is 0 Å². The molecule has 0 saturated carbocycles. The topological polar surface area (TPSA) is 40.6 Å². The summed E-state index contributed by atoms with van der Waals surface area (Å²) in [5.74, 6) is -0.123. The molecule has 2 aromatic carbocycles. The molecule has 1 fully saturated rings. The van der Waals surface area contributed by atoms with Gasteiger partial charge in [0.05, 0.1) is 6.67 Å². The zero-order valence-electron chi connectivity index (χ0n) is 12.8. The van der Waals surface area contributed by atoms with Gasteiger partial charge in [0.25, 0.3) is 5.91 Å². The first-order valence-corrected chi connectivity index (χ1v) is 8.21. The first kappa shape index (κ1) is 15.7. The van der Waals surface area contributed by atoms with Crippen molar-refractivity contribution in [3.8, 4) is 0 Å². The smallest absolute Gasteiger partial charge is 0.256 e. The molecule has 0 spiro atoms. The van der Waals surface area contributed by atoms with Crippen molar-refractivity contribution < 1.29 is 9.59 Å². The fourth-order valence-corrected chi connectivity index (χ4v) is 3.05. The van der Waals surface area contributed by atoms with Crippen LogP contribution in [0, 0.1) is 6.92 Å². The highest BCUT2D eigenvalue weighted by molar-refractivity contribution is 9.10. The van der Waals surface area contributed by atoms with Crippen LogP contribution in [-0.4, -0.2) is 34.8 Å². The Morgan fingerprint density at radius 1 is 1.13 bits per heavy atom. The van der Waals surface area contributed by atoms with Gasteiger partial charge in [0, 0.05) is 16.6 Å². The molecule has 1 saturated heterocycles. The lowest BCUT2D eigenvalue weighted by atomic mass is 10.1. The van der Waals surface area contributed by atoms with Crippen LogP contribution in [0.25, 0.3) is 0 Å². The van der Waals surface area contributed by atoms with Gasteiger partial charge in [-0.1, -0.05) is 52.3 Å². The van der Waals surface area contributed by atoms with Crippen molar-refractivity contribution in [3.63, 3.8) is 0 Å². The SMILES string of the molecule is Cc1c(Br)cccc1C(=O)N1CC(=O)N(Cc2ccccc2)C1. The van der Waals surface area contributed by atoms with Gasteiger partial charge in [0.1, 0.15) is 6.54 Å². The summed E-state index contributed by atoms with van der Waals surface area (Å²) in [4.78, 5) is 28.2. The van der Waals surface area contributed by atoms with Crippen LogP contribution < -0.4 is 0 Å². The minimum absolute atomic E-state index is 0.0187. The van der Waals surface area contributed by atoms with Gasteiger partial charge in [0.2, 0.25) is 5.91 Å². The summed E-state index contributed by atoms with van der Waals surface area (Å²) in [6, 6.07) is 15.3. The maximum Gasteiger partial charge on any atom is 0.256 e. The number of amides is 2. The van der Waals surface area contributed by atoms with Crippen LogP contribution in [0.3, 0.4) is 0 Å². The third-order valence-electron chi connectivity index (χ3n) is 4.02. The standard InChI is InChI=1S/C18H17BrN2O2/c1-13-15(8-5-9-16(13)19)18(23)21-11-17(22)20(12-21)10-14-6-3-2-4-7-14/h2-9H,10-12H2,1H3. The van der Waals surface area contributed by atoms with Crippen LogP contribution in [0.15, 0.2) is 53.0 Å². The quantitative estimate of drug-likeness (QED) is 0.829. The van der Waals surface area contributed by atoms with Gasteiger partial charge >= 0.3 is 0 Å². The van der Waals surface area contributed by atoms with E-state index in [0.29, 0.717) is 18.8 Å². The van der Waals surface area contributed by atoms with Crippen molar-refractivity contribution in [2.45, 2.75) is 13.5 Å². The number of carbonyl (C=O) groups is 2. The van der Waals surface area contributed by atoms with Crippen LogP contribution >= 0.6 is 15.9 Å². The van der Waals surface area contributed by atoms with E-state index in [1.54, 1.807) is 15.9 Å². The van der Waals surface area contributed by atoms with Crippen molar-refractivity contribution in [1.82, 2.24) is 9.80 Å². The van der Waals surface area contributed by atoms with Crippen LogP contribution in [0.5, 0.6) is 0 Å². The van der Waals surface area contributed by atoms with E-state index in [9.17, 15) is 9.59 Å². The first-order chi connectivity index (χ1) is 11.1. The highest BCUT2D eigenvalue weighted by atomic mass is 79.9. The van der Waals surface area contributed by atoms with Gasteiger partial charge in [0.15, 0.2) is 0 Å². The molecule has 118 valence electrons. The zero-order valence-corrected chi connectivity index (χ0v) is 14.4. The molecular formula is C18H17BrN2O2. The third-order valence-corrected chi connectivity index (χ3v) is 4.88. The number of carbonyl (C=O) groups excluding carboxylic acids is 2. The Morgan fingerprint density at radius 3 is 2.61 bits per heavy atom. The molecule has 0 aliphatic carbocycles. The Bertz CT molecular complexity index is 746. The molecule has 23 heavy (non-hydrogen) atoms. The zero-order chi connectivity index (χ0) is 16.4. The number of benzene rings is 2.